The van der Waals surface area contributed by atoms with Crippen LogP contribution in [0, 0.1) is 0 Å². The second-order valence-electron chi connectivity index (χ2n) is 9.16. The molecule has 1 aliphatic carbocycles. The molecule has 1 aliphatic rings. The van der Waals surface area contributed by atoms with Gasteiger partial charge in [-0.3, -0.25) is 4.79 Å². The van der Waals surface area contributed by atoms with Crippen LogP contribution in [0.1, 0.15) is 31.7 Å². The Labute approximate surface area is 221 Å². The van der Waals surface area contributed by atoms with Crippen LogP contribution in [0.5, 0.6) is 11.5 Å². The molecule has 0 spiro atoms. The number of methoxy groups -OCH3 is 1. The third-order valence-corrected chi connectivity index (χ3v) is 6.65. The molecule has 1 saturated carbocycles. The number of hydrogen-bond donors (Lipinski definition) is 1. The van der Waals surface area contributed by atoms with Gasteiger partial charge in [0.15, 0.2) is 11.5 Å². The second kappa shape index (κ2) is 11.8. The Kier molecular flexibility index (Phi) is 7.84. The maximum absolute atomic E-state index is 12.2. The van der Waals surface area contributed by atoms with Crippen molar-refractivity contribution in [2.24, 2.45) is 4.99 Å². The molecule has 0 unspecified atom stereocenters. The van der Waals surface area contributed by atoms with Crippen LogP contribution in [0.2, 0.25) is 0 Å². The number of carbonyl (C=O) groups is 1. The third-order valence-electron chi connectivity index (χ3n) is 6.65. The van der Waals surface area contributed by atoms with Crippen LogP contribution in [-0.4, -0.2) is 52.1 Å². The first-order valence-corrected chi connectivity index (χ1v) is 12.7. The molecule has 194 valence electrons. The van der Waals surface area contributed by atoms with Gasteiger partial charge in [-0.05, 0) is 68.8 Å². The Bertz CT molecular complexity index is 1420. The number of rotatable bonds is 9. The Morgan fingerprint density at radius 2 is 1.82 bits per heavy atom. The molecule has 9 heteroatoms. The number of amides is 1. The van der Waals surface area contributed by atoms with Crippen molar-refractivity contribution >= 4 is 29.5 Å². The first-order chi connectivity index (χ1) is 18.7. The van der Waals surface area contributed by atoms with E-state index in [2.05, 4.69) is 27.0 Å². The highest BCUT2D eigenvalue weighted by Gasteiger charge is 2.27. The van der Waals surface area contributed by atoms with Crippen molar-refractivity contribution in [1.82, 2.24) is 25.1 Å². The molecule has 1 N–H and O–H groups in total. The molecule has 2 aromatic heterocycles. The van der Waals surface area contributed by atoms with E-state index in [0.717, 1.165) is 59.5 Å². The minimum absolute atomic E-state index is 0.0912. The summed E-state index contributed by atoms with van der Waals surface area (Å²) in [4.78, 5) is 25.2. The SMILES string of the molecule is C=Nc1ncnc2c1c(-c1ccc(Oc3ccccc3)cc1)nn2C1CCC(NC(=O)/C=C/COC)CC1. The van der Waals surface area contributed by atoms with Crippen molar-refractivity contribution in [1.29, 1.82) is 0 Å². The monoisotopic (exact) mass is 510 g/mol. The van der Waals surface area contributed by atoms with Crippen LogP contribution in [-0.2, 0) is 9.53 Å². The quantitative estimate of drug-likeness (QED) is 0.238. The zero-order chi connectivity index (χ0) is 26.3. The van der Waals surface area contributed by atoms with Crippen molar-refractivity contribution < 1.29 is 14.3 Å². The number of aliphatic imine (C=N–C) groups is 1. The summed E-state index contributed by atoms with van der Waals surface area (Å²) in [5.41, 5.74) is 2.41. The molecule has 2 aromatic carbocycles. The first-order valence-electron chi connectivity index (χ1n) is 12.7. The van der Waals surface area contributed by atoms with Crippen LogP contribution >= 0.6 is 0 Å². The molecule has 1 fully saturated rings. The van der Waals surface area contributed by atoms with Crippen LogP contribution < -0.4 is 10.1 Å². The third kappa shape index (κ3) is 5.63. The van der Waals surface area contributed by atoms with E-state index in [9.17, 15) is 4.79 Å². The molecule has 4 aromatic rings. The number of hydrogen-bond acceptors (Lipinski definition) is 7. The van der Waals surface area contributed by atoms with Gasteiger partial charge in [0.05, 0.1) is 18.0 Å². The molecule has 1 amide bonds. The van der Waals surface area contributed by atoms with Crippen LogP contribution in [0.15, 0.2) is 78.1 Å². The zero-order valence-corrected chi connectivity index (χ0v) is 21.3. The van der Waals surface area contributed by atoms with Gasteiger partial charge in [0.25, 0.3) is 0 Å². The lowest BCUT2D eigenvalue weighted by Gasteiger charge is -2.29. The lowest BCUT2D eigenvalue weighted by atomic mass is 9.91. The van der Waals surface area contributed by atoms with Gasteiger partial charge >= 0.3 is 0 Å². The van der Waals surface area contributed by atoms with Crippen molar-refractivity contribution in [3.8, 4) is 22.8 Å². The minimum atomic E-state index is -0.0912. The average Bonchev–Trinajstić information content (AvgIpc) is 3.35. The van der Waals surface area contributed by atoms with Gasteiger partial charge in [0, 0.05) is 24.8 Å². The van der Waals surface area contributed by atoms with Gasteiger partial charge in [-0.1, -0.05) is 24.3 Å². The number of fused-ring (bicyclic) bond motifs is 1. The standard InChI is InChI=1S/C29H30N6O3/c1-30-28-26-27(20-10-16-24(17-11-20)38-23-7-4-3-5-8-23)34-35(29(26)32-19-31-28)22-14-12-21(13-15-22)33-25(36)9-6-18-37-2/h3-11,16-17,19,21-22H,1,12-15,18H2,2H3,(H,33,36)/b9-6+. The first kappa shape index (κ1) is 25.3. The predicted octanol–water partition coefficient (Wildman–Crippen LogP) is 5.42. The molecule has 0 radical (unpaired) electrons. The van der Waals surface area contributed by atoms with Crippen LogP contribution in [0.25, 0.3) is 22.3 Å². The number of para-hydroxylation sites is 1. The fourth-order valence-corrected chi connectivity index (χ4v) is 4.81. The van der Waals surface area contributed by atoms with E-state index >= 15 is 0 Å². The van der Waals surface area contributed by atoms with Gasteiger partial charge in [0.2, 0.25) is 5.91 Å². The number of aromatic nitrogens is 4. The number of nitrogens with zero attached hydrogens (tertiary/aromatic N) is 5. The van der Waals surface area contributed by atoms with E-state index in [1.165, 1.54) is 12.4 Å². The molecule has 38 heavy (non-hydrogen) atoms. The average molecular weight is 511 g/mol. The molecule has 0 saturated heterocycles. The summed E-state index contributed by atoms with van der Waals surface area (Å²) in [5.74, 6) is 1.93. The molecule has 5 rings (SSSR count). The van der Waals surface area contributed by atoms with E-state index < -0.39 is 0 Å². The largest absolute Gasteiger partial charge is 0.457 e. The number of benzene rings is 2. The molecular formula is C29H30N6O3. The summed E-state index contributed by atoms with van der Waals surface area (Å²) < 4.78 is 12.9. The highest BCUT2D eigenvalue weighted by molar-refractivity contribution is 5.98. The van der Waals surface area contributed by atoms with E-state index in [-0.39, 0.29) is 18.0 Å². The summed E-state index contributed by atoms with van der Waals surface area (Å²) in [5, 5.41) is 8.88. The summed E-state index contributed by atoms with van der Waals surface area (Å²) in [6.07, 6.45) is 8.19. The zero-order valence-electron chi connectivity index (χ0n) is 21.3. The highest BCUT2D eigenvalue weighted by atomic mass is 16.5. The van der Waals surface area contributed by atoms with E-state index in [0.29, 0.717) is 12.4 Å². The van der Waals surface area contributed by atoms with Gasteiger partial charge in [-0.15, -0.1) is 0 Å². The van der Waals surface area contributed by atoms with E-state index in [4.69, 9.17) is 14.6 Å². The number of nitrogens with one attached hydrogen (secondary N) is 1. The fourth-order valence-electron chi connectivity index (χ4n) is 4.81. The number of ether oxygens (including phenoxy) is 2. The molecule has 0 bridgehead atoms. The molecular weight excluding hydrogens is 480 g/mol. The normalized spacial score (nSPS) is 17.5. The maximum Gasteiger partial charge on any atom is 0.243 e. The molecule has 0 aliphatic heterocycles. The molecule has 2 heterocycles. The summed E-state index contributed by atoms with van der Waals surface area (Å²) in [6.45, 7) is 4.13. The van der Waals surface area contributed by atoms with Crippen molar-refractivity contribution in [2.45, 2.75) is 37.8 Å². The van der Waals surface area contributed by atoms with E-state index in [1.807, 2.05) is 59.3 Å². The fraction of sp³-hybridized carbons (Fsp3) is 0.276. The number of carbonyl (C=O) groups excluding carboxylic acids is 1. The molecule has 0 atom stereocenters. The maximum atomic E-state index is 12.2. The lowest BCUT2D eigenvalue weighted by Crippen LogP contribution is -2.37. The smallest absolute Gasteiger partial charge is 0.243 e. The Hall–Kier alpha value is -4.37. The van der Waals surface area contributed by atoms with Crippen molar-refractivity contribution in [3.05, 3.63) is 73.1 Å². The van der Waals surface area contributed by atoms with Crippen LogP contribution in [0.4, 0.5) is 5.82 Å². The lowest BCUT2D eigenvalue weighted by molar-refractivity contribution is -0.117. The Balaban J connectivity index is 1.37. The Morgan fingerprint density at radius 3 is 2.53 bits per heavy atom. The minimum Gasteiger partial charge on any atom is -0.457 e. The topological polar surface area (TPSA) is 104 Å². The van der Waals surface area contributed by atoms with Gasteiger partial charge in [0.1, 0.15) is 23.5 Å². The Morgan fingerprint density at radius 1 is 1.08 bits per heavy atom. The summed E-state index contributed by atoms with van der Waals surface area (Å²) in [6, 6.07) is 17.8. The summed E-state index contributed by atoms with van der Waals surface area (Å²) >= 11 is 0. The van der Waals surface area contributed by atoms with Gasteiger partial charge in [-0.25, -0.2) is 19.6 Å². The van der Waals surface area contributed by atoms with Gasteiger partial charge < -0.3 is 14.8 Å². The second-order valence-corrected chi connectivity index (χ2v) is 9.16. The van der Waals surface area contributed by atoms with Crippen molar-refractivity contribution in [3.63, 3.8) is 0 Å². The van der Waals surface area contributed by atoms with Gasteiger partial charge in [-0.2, -0.15) is 5.10 Å². The highest BCUT2D eigenvalue weighted by Crippen LogP contribution is 2.38. The van der Waals surface area contributed by atoms with Crippen LogP contribution in [0.3, 0.4) is 0 Å². The van der Waals surface area contributed by atoms with Crippen molar-refractivity contribution in [2.75, 3.05) is 13.7 Å². The van der Waals surface area contributed by atoms with E-state index in [1.54, 1.807) is 13.2 Å². The molecule has 9 nitrogen and oxygen atoms in total. The predicted molar refractivity (Wildman–Crippen MR) is 147 cm³/mol. The summed E-state index contributed by atoms with van der Waals surface area (Å²) in [7, 11) is 1.60.